The molecule has 2 rings (SSSR count). The Hall–Kier alpha value is -2.77. The van der Waals surface area contributed by atoms with Crippen molar-refractivity contribution in [3.8, 4) is 0 Å². The zero-order chi connectivity index (χ0) is 20.2. The normalized spacial score (nSPS) is 11.9. The van der Waals surface area contributed by atoms with Crippen LogP contribution in [0.15, 0.2) is 30.3 Å². The first-order valence-electron chi connectivity index (χ1n) is 9.97. The molecule has 0 saturated carbocycles. The molecule has 0 fully saturated rings. The number of amides is 2. The number of nitrogens with two attached hydrogens (primary N) is 1. The maximum Gasteiger partial charge on any atom is 0.220 e. The molecule has 0 spiro atoms. The van der Waals surface area contributed by atoms with Gasteiger partial charge in [-0.2, -0.15) is 4.80 Å². The molecule has 0 aliphatic heterocycles. The van der Waals surface area contributed by atoms with Gasteiger partial charge in [0.15, 0.2) is 5.82 Å². The fraction of sp³-hybridized carbons (Fsp3) is 0.550. The lowest BCUT2D eigenvalue weighted by atomic mass is 10.1. The van der Waals surface area contributed by atoms with Crippen molar-refractivity contribution in [3.05, 3.63) is 41.7 Å². The number of tetrazole rings is 1. The largest absolute Gasteiger partial charge is 0.370 e. The van der Waals surface area contributed by atoms with E-state index >= 15 is 0 Å². The van der Waals surface area contributed by atoms with Crippen molar-refractivity contribution in [2.24, 2.45) is 5.73 Å². The molecule has 3 N–H and O–H groups in total. The van der Waals surface area contributed by atoms with Gasteiger partial charge in [0.1, 0.15) is 6.04 Å². The Morgan fingerprint density at radius 3 is 2.61 bits per heavy atom. The van der Waals surface area contributed by atoms with E-state index in [9.17, 15) is 9.59 Å². The van der Waals surface area contributed by atoms with Gasteiger partial charge in [-0.1, -0.05) is 62.9 Å². The number of rotatable bonds is 13. The van der Waals surface area contributed by atoms with Crippen LogP contribution in [-0.2, 0) is 22.6 Å². The lowest BCUT2D eigenvalue weighted by molar-refractivity contribution is -0.122. The van der Waals surface area contributed by atoms with Gasteiger partial charge < -0.3 is 11.1 Å². The minimum Gasteiger partial charge on any atom is -0.370 e. The molecule has 0 unspecified atom stereocenters. The fourth-order valence-electron chi connectivity index (χ4n) is 2.93. The van der Waals surface area contributed by atoms with Crippen LogP contribution in [0.5, 0.6) is 0 Å². The van der Waals surface area contributed by atoms with E-state index in [1.54, 1.807) is 0 Å². The van der Waals surface area contributed by atoms with Crippen LogP contribution < -0.4 is 11.1 Å². The number of unbranched alkanes of at least 4 members (excludes halogenated alkanes) is 4. The number of aromatic nitrogens is 4. The van der Waals surface area contributed by atoms with E-state index in [1.807, 2.05) is 30.3 Å². The van der Waals surface area contributed by atoms with Gasteiger partial charge in [0.25, 0.3) is 0 Å². The summed E-state index contributed by atoms with van der Waals surface area (Å²) >= 11 is 0. The molecule has 1 aromatic heterocycles. The quantitative estimate of drug-likeness (QED) is 0.513. The van der Waals surface area contributed by atoms with Crippen molar-refractivity contribution in [2.45, 2.75) is 70.9 Å². The van der Waals surface area contributed by atoms with E-state index in [1.165, 1.54) is 23.2 Å². The third-order valence-corrected chi connectivity index (χ3v) is 4.47. The SMILES string of the molecule is CCCCCCCC(=O)N[C@H](CC(N)=O)c1nnn(CCc2ccccc2)n1. The highest BCUT2D eigenvalue weighted by atomic mass is 16.2. The summed E-state index contributed by atoms with van der Waals surface area (Å²) in [7, 11) is 0. The maximum atomic E-state index is 12.2. The maximum absolute atomic E-state index is 12.2. The molecule has 152 valence electrons. The molecule has 0 saturated heterocycles. The Morgan fingerprint density at radius 1 is 1.14 bits per heavy atom. The predicted molar refractivity (Wildman–Crippen MR) is 106 cm³/mol. The van der Waals surface area contributed by atoms with Gasteiger partial charge >= 0.3 is 0 Å². The molecule has 8 heteroatoms. The molecule has 0 radical (unpaired) electrons. The molecule has 8 nitrogen and oxygen atoms in total. The number of benzene rings is 1. The summed E-state index contributed by atoms with van der Waals surface area (Å²) in [5.41, 5.74) is 6.50. The topological polar surface area (TPSA) is 116 Å². The number of primary amides is 1. The highest BCUT2D eigenvalue weighted by Gasteiger charge is 2.21. The van der Waals surface area contributed by atoms with Crippen molar-refractivity contribution in [1.82, 2.24) is 25.5 Å². The highest BCUT2D eigenvalue weighted by molar-refractivity contribution is 5.78. The van der Waals surface area contributed by atoms with Crippen molar-refractivity contribution >= 4 is 11.8 Å². The zero-order valence-electron chi connectivity index (χ0n) is 16.5. The summed E-state index contributed by atoms with van der Waals surface area (Å²) in [5.74, 6) is -0.330. The van der Waals surface area contributed by atoms with E-state index in [4.69, 9.17) is 5.73 Å². The number of nitrogens with one attached hydrogen (secondary N) is 1. The van der Waals surface area contributed by atoms with Crippen LogP contribution in [0.2, 0.25) is 0 Å². The first-order valence-corrected chi connectivity index (χ1v) is 9.97. The van der Waals surface area contributed by atoms with Crippen LogP contribution >= 0.6 is 0 Å². The lowest BCUT2D eigenvalue weighted by Gasteiger charge is -2.13. The summed E-state index contributed by atoms with van der Waals surface area (Å²) < 4.78 is 0. The van der Waals surface area contributed by atoms with Crippen LogP contribution in [0.1, 0.15) is 69.3 Å². The minimum atomic E-state index is -0.647. The van der Waals surface area contributed by atoms with Crippen LogP contribution in [0.25, 0.3) is 0 Å². The molecule has 0 aliphatic rings. The highest BCUT2D eigenvalue weighted by Crippen LogP contribution is 2.13. The summed E-state index contributed by atoms with van der Waals surface area (Å²) in [5, 5.41) is 15.2. The van der Waals surface area contributed by atoms with E-state index in [0.717, 1.165) is 25.7 Å². The first-order chi connectivity index (χ1) is 13.6. The number of nitrogens with zero attached hydrogens (tertiary/aromatic N) is 4. The number of carbonyl (C=O) groups is 2. The van der Waals surface area contributed by atoms with Gasteiger partial charge in [0.2, 0.25) is 11.8 Å². The summed E-state index contributed by atoms with van der Waals surface area (Å²) in [4.78, 5) is 25.1. The molecule has 2 amide bonds. The smallest absolute Gasteiger partial charge is 0.220 e. The number of hydrogen-bond acceptors (Lipinski definition) is 5. The fourth-order valence-corrected chi connectivity index (χ4v) is 2.93. The Kier molecular flexibility index (Phi) is 9.10. The van der Waals surface area contributed by atoms with Gasteiger partial charge in [-0.15, -0.1) is 10.2 Å². The van der Waals surface area contributed by atoms with Gasteiger partial charge in [0.05, 0.1) is 13.0 Å². The summed E-state index contributed by atoms with van der Waals surface area (Å²) in [6.45, 7) is 2.72. The van der Waals surface area contributed by atoms with E-state index in [0.29, 0.717) is 18.8 Å². The van der Waals surface area contributed by atoms with Crippen molar-refractivity contribution in [3.63, 3.8) is 0 Å². The molecular formula is C20H30N6O2. The lowest BCUT2D eigenvalue weighted by Crippen LogP contribution is -2.32. The van der Waals surface area contributed by atoms with Crippen LogP contribution in [-0.4, -0.2) is 32.0 Å². The first kappa shape index (κ1) is 21.5. The molecule has 2 aromatic rings. The van der Waals surface area contributed by atoms with Gasteiger partial charge in [-0.05, 0) is 23.6 Å². The summed E-state index contributed by atoms with van der Waals surface area (Å²) in [6, 6.07) is 9.36. The minimum absolute atomic E-state index is 0.0496. The van der Waals surface area contributed by atoms with Crippen molar-refractivity contribution < 1.29 is 9.59 Å². The number of aryl methyl sites for hydroxylation is 2. The second-order valence-electron chi connectivity index (χ2n) is 6.93. The van der Waals surface area contributed by atoms with Crippen LogP contribution in [0.4, 0.5) is 0 Å². The van der Waals surface area contributed by atoms with Crippen molar-refractivity contribution in [1.29, 1.82) is 0 Å². The second kappa shape index (κ2) is 11.8. The average molecular weight is 387 g/mol. The Labute approximate surface area is 165 Å². The standard InChI is InChI=1S/C20H30N6O2/c1-2-3-4-5-9-12-19(28)22-17(15-18(21)27)20-23-25-26(24-20)14-13-16-10-7-6-8-11-16/h6-8,10-11,17H,2-5,9,12-15H2,1H3,(H2,21,27)(H,22,28)/t17-/m1/s1. The second-order valence-corrected chi connectivity index (χ2v) is 6.93. The van der Waals surface area contributed by atoms with Gasteiger partial charge in [-0.25, -0.2) is 0 Å². The van der Waals surface area contributed by atoms with E-state index < -0.39 is 11.9 Å². The molecule has 0 aliphatic carbocycles. The molecule has 28 heavy (non-hydrogen) atoms. The number of carbonyl (C=O) groups excluding carboxylic acids is 2. The van der Waals surface area contributed by atoms with Crippen LogP contribution in [0.3, 0.4) is 0 Å². The monoisotopic (exact) mass is 386 g/mol. The Balaban J connectivity index is 1.88. The predicted octanol–water partition coefficient (Wildman–Crippen LogP) is 2.31. The third-order valence-electron chi connectivity index (χ3n) is 4.47. The molecule has 1 aromatic carbocycles. The van der Waals surface area contributed by atoms with Crippen molar-refractivity contribution in [2.75, 3.05) is 0 Å². The Morgan fingerprint density at radius 2 is 1.89 bits per heavy atom. The van der Waals surface area contributed by atoms with Crippen LogP contribution in [0, 0.1) is 0 Å². The third kappa shape index (κ3) is 7.85. The Bertz CT molecular complexity index is 731. The zero-order valence-corrected chi connectivity index (χ0v) is 16.5. The van der Waals surface area contributed by atoms with Gasteiger partial charge in [0, 0.05) is 6.42 Å². The van der Waals surface area contributed by atoms with E-state index in [2.05, 4.69) is 27.7 Å². The summed E-state index contributed by atoms with van der Waals surface area (Å²) in [6.07, 6.45) is 6.46. The average Bonchev–Trinajstić information content (AvgIpc) is 3.15. The van der Waals surface area contributed by atoms with Gasteiger partial charge in [-0.3, -0.25) is 9.59 Å². The molecular weight excluding hydrogens is 356 g/mol. The molecule has 1 heterocycles. The van der Waals surface area contributed by atoms with E-state index in [-0.39, 0.29) is 12.3 Å². The molecule has 0 bridgehead atoms. The number of hydrogen-bond donors (Lipinski definition) is 2. The molecule has 1 atom stereocenters.